The highest BCUT2D eigenvalue weighted by Gasteiger charge is 2.06. The molecule has 0 saturated heterocycles. The highest BCUT2D eigenvalue weighted by atomic mass is 16.5. The van der Waals surface area contributed by atoms with Gasteiger partial charge in [0.05, 0.1) is 26.6 Å². The number of carbonyl (C=O) groups excluding carboxylic acids is 2. The largest absolute Gasteiger partial charge is 0.466 e. The molecule has 0 heterocycles. The van der Waals surface area contributed by atoms with E-state index in [4.69, 9.17) is 4.74 Å². The van der Waals surface area contributed by atoms with Gasteiger partial charge < -0.3 is 14.2 Å². The van der Waals surface area contributed by atoms with E-state index in [-0.39, 0.29) is 0 Å². The van der Waals surface area contributed by atoms with Crippen LogP contribution in [0.5, 0.6) is 5.75 Å². The van der Waals surface area contributed by atoms with Gasteiger partial charge >= 0.3 is 11.9 Å². The lowest BCUT2D eigenvalue weighted by atomic mass is 10.1. The van der Waals surface area contributed by atoms with Gasteiger partial charge in [0.25, 0.3) is 0 Å². The third-order valence-corrected chi connectivity index (χ3v) is 2.40. The zero-order valence-electron chi connectivity index (χ0n) is 11.6. The van der Waals surface area contributed by atoms with Gasteiger partial charge in [-0.2, -0.15) is 0 Å². The van der Waals surface area contributed by atoms with Crippen LogP contribution < -0.4 is 4.74 Å². The first kappa shape index (κ1) is 15.5. The van der Waals surface area contributed by atoms with Crippen LogP contribution in [0.2, 0.25) is 0 Å². The minimum atomic E-state index is -0.510. The van der Waals surface area contributed by atoms with Gasteiger partial charge in [0.2, 0.25) is 0 Å². The van der Waals surface area contributed by atoms with Crippen molar-refractivity contribution in [2.45, 2.75) is 6.92 Å². The summed E-state index contributed by atoms with van der Waals surface area (Å²) in [7, 11) is 2.60. The Morgan fingerprint density at radius 2 is 1.80 bits per heavy atom. The maximum atomic E-state index is 11.4. The fraction of sp³-hybridized carbons (Fsp3) is 0.200. The first-order valence-electron chi connectivity index (χ1n) is 5.85. The van der Waals surface area contributed by atoms with Gasteiger partial charge in [-0.15, -0.1) is 0 Å². The molecule has 1 rings (SSSR count). The minimum absolute atomic E-state index is 0.412. The number of ether oxygens (including phenoxy) is 3. The molecule has 0 spiro atoms. The zero-order valence-corrected chi connectivity index (χ0v) is 11.6. The molecule has 0 N–H and O–H groups in total. The van der Waals surface area contributed by atoms with Crippen LogP contribution in [-0.4, -0.2) is 26.2 Å². The van der Waals surface area contributed by atoms with Gasteiger partial charge in [-0.3, -0.25) is 0 Å². The second kappa shape index (κ2) is 7.78. The van der Waals surface area contributed by atoms with Crippen molar-refractivity contribution >= 4 is 18.0 Å². The predicted molar refractivity (Wildman–Crippen MR) is 73.9 cm³/mol. The quantitative estimate of drug-likeness (QED) is 0.469. The van der Waals surface area contributed by atoms with Crippen molar-refractivity contribution in [2.75, 3.05) is 14.2 Å². The smallest absolute Gasteiger partial charge is 0.333 e. The highest BCUT2D eigenvalue weighted by molar-refractivity contribution is 5.93. The first-order valence-corrected chi connectivity index (χ1v) is 5.85. The maximum absolute atomic E-state index is 11.4. The molecule has 0 atom stereocenters. The minimum Gasteiger partial charge on any atom is -0.466 e. The van der Waals surface area contributed by atoms with E-state index in [0.29, 0.717) is 16.9 Å². The van der Waals surface area contributed by atoms with Crippen molar-refractivity contribution in [1.29, 1.82) is 0 Å². The molecule has 5 nitrogen and oxygen atoms in total. The topological polar surface area (TPSA) is 61.8 Å². The predicted octanol–water partition coefficient (Wildman–Crippen LogP) is 2.33. The van der Waals surface area contributed by atoms with E-state index in [9.17, 15) is 9.59 Å². The lowest BCUT2D eigenvalue weighted by Crippen LogP contribution is -2.01. The molecule has 0 aromatic heterocycles. The molecule has 1 aromatic carbocycles. The first-order chi connectivity index (χ1) is 9.58. The molecule has 0 saturated carbocycles. The van der Waals surface area contributed by atoms with Crippen molar-refractivity contribution in [3.05, 3.63) is 47.7 Å². The molecule has 0 unspecified atom stereocenters. The molecule has 0 radical (unpaired) electrons. The number of esters is 2. The second-order valence-corrected chi connectivity index (χ2v) is 3.80. The highest BCUT2D eigenvalue weighted by Crippen LogP contribution is 2.21. The van der Waals surface area contributed by atoms with Crippen molar-refractivity contribution in [1.82, 2.24) is 0 Å². The Morgan fingerprint density at radius 3 is 2.45 bits per heavy atom. The van der Waals surface area contributed by atoms with Crippen LogP contribution in [0.1, 0.15) is 12.5 Å². The van der Waals surface area contributed by atoms with Crippen molar-refractivity contribution < 1.29 is 23.8 Å². The lowest BCUT2D eigenvalue weighted by molar-refractivity contribution is -0.136. The Labute approximate surface area is 117 Å². The van der Waals surface area contributed by atoms with E-state index in [0.717, 1.165) is 6.08 Å². The summed E-state index contributed by atoms with van der Waals surface area (Å²) in [5, 5.41) is 0. The van der Waals surface area contributed by atoms with E-state index in [1.165, 1.54) is 20.5 Å². The summed E-state index contributed by atoms with van der Waals surface area (Å²) in [6.07, 6.45) is 4.03. The average Bonchev–Trinajstić information content (AvgIpc) is 2.47. The van der Waals surface area contributed by atoms with Gasteiger partial charge in [-0.25, -0.2) is 9.59 Å². The van der Waals surface area contributed by atoms with Crippen LogP contribution in [0.25, 0.3) is 6.08 Å². The van der Waals surface area contributed by atoms with Crippen molar-refractivity contribution in [3.8, 4) is 5.75 Å². The molecule has 1 aromatic rings. The molecule has 0 amide bonds. The number of benzene rings is 1. The SMILES string of the molecule is COC(=O)/C=C/Oc1ccccc1/C=C(\C)C(=O)OC. The van der Waals surface area contributed by atoms with E-state index < -0.39 is 11.9 Å². The van der Waals surface area contributed by atoms with Crippen molar-refractivity contribution in [3.63, 3.8) is 0 Å². The Kier molecular flexibility index (Phi) is 6.03. The molecule has 0 aliphatic carbocycles. The summed E-state index contributed by atoms with van der Waals surface area (Å²) >= 11 is 0. The molecular formula is C15H16O5. The summed E-state index contributed by atoms with van der Waals surface area (Å²) < 4.78 is 14.4. The lowest BCUT2D eigenvalue weighted by Gasteiger charge is -2.05. The number of carbonyl (C=O) groups is 2. The molecular weight excluding hydrogens is 260 g/mol. The van der Waals surface area contributed by atoms with Gasteiger partial charge in [-0.1, -0.05) is 18.2 Å². The van der Waals surface area contributed by atoms with E-state index >= 15 is 0 Å². The Balaban J connectivity index is 2.91. The van der Waals surface area contributed by atoms with E-state index in [1.807, 2.05) is 6.07 Å². The molecule has 0 aliphatic heterocycles. The van der Waals surface area contributed by atoms with Gasteiger partial charge in [0.1, 0.15) is 5.75 Å². The monoisotopic (exact) mass is 276 g/mol. The molecule has 106 valence electrons. The zero-order chi connectivity index (χ0) is 15.0. The van der Waals surface area contributed by atoms with Crippen LogP contribution in [0.3, 0.4) is 0 Å². The Bertz CT molecular complexity index is 543. The Hall–Kier alpha value is -2.56. The summed E-state index contributed by atoms with van der Waals surface area (Å²) in [4.78, 5) is 22.3. The number of rotatable bonds is 5. The number of methoxy groups -OCH3 is 2. The standard InChI is InChI=1S/C15H16O5/c1-11(15(17)19-3)10-12-6-4-5-7-13(12)20-9-8-14(16)18-2/h4-10H,1-3H3/b9-8+,11-10+. The Morgan fingerprint density at radius 1 is 1.10 bits per heavy atom. The fourth-order valence-corrected chi connectivity index (χ4v) is 1.39. The molecule has 20 heavy (non-hydrogen) atoms. The third-order valence-electron chi connectivity index (χ3n) is 2.40. The van der Waals surface area contributed by atoms with E-state index in [2.05, 4.69) is 9.47 Å². The van der Waals surface area contributed by atoms with Gasteiger partial charge in [0.15, 0.2) is 0 Å². The maximum Gasteiger partial charge on any atom is 0.333 e. The second-order valence-electron chi connectivity index (χ2n) is 3.80. The van der Waals surface area contributed by atoms with Crippen LogP contribution in [0.4, 0.5) is 0 Å². The molecule has 0 fully saturated rings. The molecule has 5 heteroatoms. The third kappa shape index (κ3) is 4.61. The average molecular weight is 276 g/mol. The normalized spacial score (nSPS) is 11.2. The van der Waals surface area contributed by atoms with Crippen LogP contribution in [0, 0.1) is 0 Å². The summed E-state index contributed by atoms with van der Waals surface area (Å²) in [6, 6.07) is 7.10. The number of para-hydroxylation sites is 1. The van der Waals surface area contributed by atoms with Crippen molar-refractivity contribution in [2.24, 2.45) is 0 Å². The fourth-order valence-electron chi connectivity index (χ4n) is 1.39. The summed E-state index contributed by atoms with van der Waals surface area (Å²) in [5.41, 5.74) is 1.14. The van der Waals surface area contributed by atoms with E-state index in [1.54, 1.807) is 31.2 Å². The van der Waals surface area contributed by atoms with Crippen LogP contribution >= 0.6 is 0 Å². The van der Waals surface area contributed by atoms with Gasteiger partial charge in [-0.05, 0) is 19.1 Å². The number of hydrogen-bond acceptors (Lipinski definition) is 5. The summed E-state index contributed by atoms with van der Waals surface area (Å²) in [5.74, 6) is -0.412. The molecule has 0 aliphatic rings. The molecule has 0 bridgehead atoms. The van der Waals surface area contributed by atoms with Crippen LogP contribution in [-0.2, 0) is 19.1 Å². The summed E-state index contributed by atoms with van der Waals surface area (Å²) in [6.45, 7) is 1.65. The van der Waals surface area contributed by atoms with Gasteiger partial charge in [0, 0.05) is 11.1 Å². The number of hydrogen-bond donors (Lipinski definition) is 0. The van der Waals surface area contributed by atoms with Crippen LogP contribution in [0.15, 0.2) is 42.2 Å².